The molecule has 0 unspecified atom stereocenters. The van der Waals surface area contributed by atoms with Gasteiger partial charge in [0.15, 0.2) is 5.82 Å². The van der Waals surface area contributed by atoms with Crippen molar-refractivity contribution in [3.63, 3.8) is 0 Å². The molecule has 11 rings (SSSR count). The Morgan fingerprint density at radius 1 is 0.182 bits per heavy atom. The first kappa shape index (κ1) is 40.0. The van der Waals surface area contributed by atoms with Crippen LogP contribution in [0.15, 0.2) is 261 Å². The Kier molecular flexibility index (Phi) is 11.0. The maximum atomic E-state index is 5.64. The number of pyridine rings is 1. The Hall–Kier alpha value is -8.79. The van der Waals surface area contributed by atoms with Crippen LogP contribution in [0.25, 0.3) is 112 Å². The first-order valence-corrected chi connectivity index (χ1v) is 22.3. The van der Waals surface area contributed by atoms with Crippen LogP contribution >= 0.6 is 0 Å². The zero-order valence-corrected chi connectivity index (χ0v) is 36.2. The fraction of sp³-hybridized carbons (Fsp3) is 0. The van der Waals surface area contributed by atoms with Crippen LogP contribution in [0.1, 0.15) is 0 Å². The Morgan fingerprint density at radius 3 is 0.985 bits per heavy atom. The van der Waals surface area contributed by atoms with Gasteiger partial charge in [0, 0.05) is 44.5 Å². The molecule has 0 aliphatic heterocycles. The van der Waals surface area contributed by atoms with Gasteiger partial charge < -0.3 is 0 Å². The molecule has 0 fully saturated rings. The van der Waals surface area contributed by atoms with Crippen LogP contribution < -0.4 is 0 Å². The SMILES string of the molecule is c1ccc(-c2cccc(-c3nc(-c4ccccc4)cc(-c4cccc(-c5cccc(-c6c(-c7ccccc7)c(-c7ccccc7)nc(-c7ccccc7)c6-c6ccccc6)c5)c4)n3)c2)cc1. The largest absolute Gasteiger partial charge is 0.246 e. The highest BCUT2D eigenvalue weighted by atomic mass is 14.9. The van der Waals surface area contributed by atoms with E-state index in [1.54, 1.807) is 0 Å². The molecule has 0 saturated heterocycles. The highest BCUT2D eigenvalue weighted by Crippen LogP contribution is 2.49. The number of hydrogen-bond acceptors (Lipinski definition) is 3. The predicted octanol–water partition coefficient (Wildman–Crippen LogP) is 16.5. The first-order valence-electron chi connectivity index (χ1n) is 22.3. The molecule has 0 bridgehead atoms. The van der Waals surface area contributed by atoms with Crippen molar-refractivity contribution in [3.8, 4) is 112 Å². The lowest BCUT2D eigenvalue weighted by Gasteiger charge is -2.23. The Balaban J connectivity index is 1.10. The zero-order chi connectivity index (χ0) is 44.1. The summed E-state index contributed by atoms with van der Waals surface area (Å²) in [6.45, 7) is 0. The summed E-state index contributed by atoms with van der Waals surface area (Å²) < 4.78 is 0. The van der Waals surface area contributed by atoms with Gasteiger partial charge in [0.25, 0.3) is 0 Å². The quantitative estimate of drug-likeness (QED) is 0.138. The van der Waals surface area contributed by atoms with Crippen LogP contribution in [0.3, 0.4) is 0 Å². The molecule has 66 heavy (non-hydrogen) atoms. The van der Waals surface area contributed by atoms with Crippen molar-refractivity contribution < 1.29 is 0 Å². The summed E-state index contributed by atoms with van der Waals surface area (Å²) in [5.74, 6) is 0.680. The number of rotatable bonds is 10. The molecule has 0 saturated carbocycles. The molecule has 2 heterocycles. The number of hydrogen-bond donors (Lipinski definition) is 0. The van der Waals surface area contributed by atoms with Gasteiger partial charge in [0.05, 0.1) is 22.8 Å². The molecule has 310 valence electrons. The van der Waals surface area contributed by atoms with Crippen LogP contribution in [0.4, 0.5) is 0 Å². The van der Waals surface area contributed by atoms with E-state index >= 15 is 0 Å². The van der Waals surface area contributed by atoms with Crippen LogP contribution in [0.5, 0.6) is 0 Å². The number of benzene rings is 9. The van der Waals surface area contributed by atoms with Gasteiger partial charge in [-0.3, -0.25) is 0 Å². The van der Waals surface area contributed by atoms with Crippen molar-refractivity contribution in [2.45, 2.75) is 0 Å². The van der Waals surface area contributed by atoms with Gasteiger partial charge in [0.2, 0.25) is 0 Å². The molecule has 3 heteroatoms. The third-order valence-corrected chi connectivity index (χ3v) is 12.1. The van der Waals surface area contributed by atoms with Crippen LogP contribution in [-0.4, -0.2) is 15.0 Å². The van der Waals surface area contributed by atoms with Gasteiger partial charge >= 0.3 is 0 Å². The highest BCUT2D eigenvalue weighted by molar-refractivity contribution is 6.05. The van der Waals surface area contributed by atoms with E-state index in [-0.39, 0.29) is 0 Å². The second kappa shape index (κ2) is 18.1. The van der Waals surface area contributed by atoms with Gasteiger partial charge in [0.1, 0.15) is 0 Å². The van der Waals surface area contributed by atoms with Crippen molar-refractivity contribution in [2.75, 3.05) is 0 Å². The van der Waals surface area contributed by atoms with E-state index in [1.807, 2.05) is 12.1 Å². The molecule has 0 aliphatic rings. The van der Waals surface area contributed by atoms with Crippen molar-refractivity contribution >= 4 is 0 Å². The minimum absolute atomic E-state index is 0.680. The number of aromatic nitrogens is 3. The molecule has 2 aromatic heterocycles. The Labute approximate surface area is 386 Å². The van der Waals surface area contributed by atoms with Crippen molar-refractivity contribution in [1.29, 1.82) is 0 Å². The summed E-state index contributed by atoms with van der Waals surface area (Å²) in [6, 6.07) is 91.8. The average molecular weight is 842 g/mol. The lowest BCUT2D eigenvalue weighted by molar-refractivity contribution is 1.18. The molecule has 0 spiro atoms. The highest BCUT2D eigenvalue weighted by Gasteiger charge is 2.25. The monoisotopic (exact) mass is 841 g/mol. The lowest BCUT2D eigenvalue weighted by Crippen LogP contribution is -2.01. The second-order valence-electron chi connectivity index (χ2n) is 16.3. The molecular formula is C63H43N3. The molecule has 9 aromatic carbocycles. The molecule has 0 amide bonds. The average Bonchev–Trinajstić information content (AvgIpc) is 3.41. The zero-order valence-electron chi connectivity index (χ0n) is 36.2. The number of nitrogens with zero attached hydrogens (tertiary/aromatic N) is 3. The molecular weight excluding hydrogens is 799 g/mol. The Bertz CT molecular complexity index is 3330. The maximum absolute atomic E-state index is 5.64. The molecule has 11 aromatic rings. The van der Waals surface area contributed by atoms with Crippen molar-refractivity contribution in [3.05, 3.63) is 261 Å². The topological polar surface area (TPSA) is 38.7 Å². The summed E-state index contributed by atoms with van der Waals surface area (Å²) in [6.07, 6.45) is 0. The van der Waals surface area contributed by atoms with Crippen molar-refractivity contribution in [1.82, 2.24) is 15.0 Å². The molecule has 0 atom stereocenters. The summed E-state index contributed by atoms with van der Waals surface area (Å²) in [4.78, 5) is 16.1. The third kappa shape index (κ3) is 8.14. The third-order valence-electron chi connectivity index (χ3n) is 12.1. The van der Waals surface area contributed by atoms with Crippen LogP contribution in [0, 0.1) is 0 Å². The smallest absolute Gasteiger partial charge is 0.160 e. The normalized spacial score (nSPS) is 11.0. The van der Waals surface area contributed by atoms with Gasteiger partial charge in [-0.05, 0) is 63.2 Å². The maximum Gasteiger partial charge on any atom is 0.160 e. The van der Waals surface area contributed by atoms with E-state index in [2.05, 4.69) is 249 Å². The molecule has 0 radical (unpaired) electrons. The predicted molar refractivity (Wildman–Crippen MR) is 274 cm³/mol. The van der Waals surface area contributed by atoms with Gasteiger partial charge in [-0.2, -0.15) is 0 Å². The van der Waals surface area contributed by atoms with E-state index in [4.69, 9.17) is 15.0 Å². The standard InChI is InChI=1S/C63H43N3/c1-7-22-44(23-8-1)50-34-21-39-55(42-50)63-64-56(45-24-9-2-10-25-45)43-57(65-63)53-37-19-35-51(40-53)52-36-20-38-54(41-52)58-59(46-26-11-3-12-27-46)61(48-30-15-5-16-31-48)66-62(49-32-17-6-18-33-49)60(58)47-28-13-4-14-29-47/h1-43H. The lowest BCUT2D eigenvalue weighted by atomic mass is 9.82. The molecule has 0 N–H and O–H groups in total. The van der Waals surface area contributed by atoms with Gasteiger partial charge in [-0.15, -0.1) is 0 Å². The van der Waals surface area contributed by atoms with Crippen molar-refractivity contribution in [2.24, 2.45) is 0 Å². The fourth-order valence-corrected chi connectivity index (χ4v) is 8.92. The minimum atomic E-state index is 0.680. The summed E-state index contributed by atoms with van der Waals surface area (Å²) >= 11 is 0. The van der Waals surface area contributed by atoms with E-state index in [1.165, 1.54) is 0 Å². The van der Waals surface area contributed by atoms with Gasteiger partial charge in [-0.25, -0.2) is 15.0 Å². The van der Waals surface area contributed by atoms with E-state index in [0.717, 1.165) is 106 Å². The summed E-state index contributed by atoms with van der Waals surface area (Å²) in [5.41, 5.74) is 19.8. The molecule has 3 nitrogen and oxygen atoms in total. The van der Waals surface area contributed by atoms with E-state index in [0.29, 0.717) is 5.82 Å². The van der Waals surface area contributed by atoms with E-state index in [9.17, 15) is 0 Å². The van der Waals surface area contributed by atoms with Crippen LogP contribution in [-0.2, 0) is 0 Å². The second-order valence-corrected chi connectivity index (χ2v) is 16.3. The van der Waals surface area contributed by atoms with Gasteiger partial charge in [-0.1, -0.05) is 237 Å². The minimum Gasteiger partial charge on any atom is -0.246 e. The Morgan fingerprint density at radius 2 is 0.500 bits per heavy atom. The summed E-state index contributed by atoms with van der Waals surface area (Å²) in [7, 11) is 0. The van der Waals surface area contributed by atoms with E-state index < -0.39 is 0 Å². The van der Waals surface area contributed by atoms with Crippen LogP contribution in [0.2, 0.25) is 0 Å². The fourth-order valence-electron chi connectivity index (χ4n) is 8.92. The first-order chi connectivity index (χ1) is 32.7. The molecule has 0 aliphatic carbocycles. The summed E-state index contributed by atoms with van der Waals surface area (Å²) in [5, 5.41) is 0.